The van der Waals surface area contributed by atoms with E-state index in [1.54, 1.807) is 30.3 Å². The number of nitrogens with zero attached hydrogens (tertiary/aromatic N) is 1. The van der Waals surface area contributed by atoms with Crippen LogP contribution in [0, 0.1) is 0 Å². The normalized spacial score (nSPS) is 15.1. The number of rotatable bonds is 3. The van der Waals surface area contributed by atoms with Gasteiger partial charge in [0.05, 0.1) is 12.0 Å². The van der Waals surface area contributed by atoms with Gasteiger partial charge in [-0.05, 0) is 56.3 Å². The molecule has 1 amide bonds. The summed E-state index contributed by atoms with van der Waals surface area (Å²) >= 11 is 0. The quantitative estimate of drug-likeness (QED) is 0.926. The Balaban J connectivity index is 1.78. The molecule has 0 atom stereocenters. The second kappa shape index (κ2) is 6.24. The number of nitrogens with one attached hydrogen (secondary N) is 1. The number of Topliss-reactive ketones (excluding diaryl/α,β-unsaturated/α-hetero) is 1. The number of amides is 1. The number of hydrogen-bond acceptors (Lipinski definition) is 4. The highest BCUT2D eigenvalue weighted by Gasteiger charge is 2.32. The number of anilines is 2. The Hall–Kier alpha value is -2.82. The molecule has 0 saturated carbocycles. The van der Waals surface area contributed by atoms with Crippen molar-refractivity contribution in [3.8, 4) is 5.75 Å². The van der Waals surface area contributed by atoms with E-state index in [4.69, 9.17) is 4.74 Å². The Morgan fingerprint density at radius 1 is 1.12 bits per heavy atom. The molecule has 0 spiro atoms. The lowest BCUT2D eigenvalue weighted by Crippen LogP contribution is -2.35. The van der Waals surface area contributed by atoms with Crippen molar-refractivity contribution >= 4 is 23.1 Å². The molecule has 0 saturated heterocycles. The van der Waals surface area contributed by atoms with Crippen LogP contribution in [-0.4, -0.2) is 31.4 Å². The highest BCUT2D eigenvalue weighted by atomic mass is 16.5. The lowest BCUT2D eigenvalue weighted by molar-refractivity contribution is 0.0620. The van der Waals surface area contributed by atoms with Crippen LogP contribution < -0.4 is 15.0 Å². The van der Waals surface area contributed by atoms with Crippen LogP contribution in [0.1, 0.15) is 41.0 Å². The van der Waals surface area contributed by atoms with Gasteiger partial charge in [-0.25, -0.2) is 0 Å². The first-order chi connectivity index (χ1) is 11.7. The first-order valence-electron chi connectivity index (χ1n) is 8.20. The van der Waals surface area contributed by atoms with Gasteiger partial charge in [-0.1, -0.05) is 0 Å². The summed E-state index contributed by atoms with van der Waals surface area (Å²) in [5, 5.41) is 2.84. The average Bonchev–Trinajstić information content (AvgIpc) is 2.54. The molecule has 1 heterocycles. The van der Waals surface area contributed by atoms with Crippen molar-refractivity contribution in [3.63, 3.8) is 0 Å². The number of fused-ring (bicyclic) bond motifs is 1. The van der Waals surface area contributed by atoms with Gasteiger partial charge < -0.3 is 15.0 Å². The fourth-order valence-electron chi connectivity index (χ4n) is 2.84. The summed E-state index contributed by atoms with van der Waals surface area (Å²) in [6.07, 6.45) is 0.323. The maximum Gasteiger partial charge on any atom is 0.255 e. The SMILES string of the molecule is CN(C)c1ccc(C(=O)Nc2ccc3c(c2)C(=O)CC(C)(C)O3)cc1. The Morgan fingerprint density at radius 3 is 2.44 bits per heavy atom. The molecule has 2 aromatic carbocycles. The fourth-order valence-corrected chi connectivity index (χ4v) is 2.84. The topological polar surface area (TPSA) is 58.6 Å². The third-order valence-corrected chi connectivity index (χ3v) is 4.16. The predicted molar refractivity (Wildman–Crippen MR) is 98.8 cm³/mol. The third kappa shape index (κ3) is 3.65. The highest BCUT2D eigenvalue weighted by molar-refractivity contribution is 6.06. The minimum absolute atomic E-state index is 0.0256. The van der Waals surface area contributed by atoms with E-state index in [0.717, 1.165) is 5.69 Å². The fraction of sp³-hybridized carbons (Fsp3) is 0.300. The predicted octanol–water partition coefficient (Wildman–Crippen LogP) is 3.75. The molecule has 5 heteroatoms. The van der Waals surface area contributed by atoms with Crippen LogP contribution in [0.15, 0.2) is 42.5 Å². The first-order valence-corrected chi connectivity index (χ1v) is 8.20. The van der Waals surface area contributed by atoms with E-state index in [9.17, 15) is 9.59 Å². The molecule has 0 aliphatic carbocycles. The number of carbonyl (C=O) groups is 2. The molecule has 130 valence electrons. The van der Waals surface area contributed by atoms with Gasteiger partial charge in [-0.2, -0.15) is 0 Å². The van der Waals surface area contributed by atoms with Crippen LogP contribution in [0.25, 0.3) is 0 Å². The second-order valence-electron chi connectivity index (χ2n) is 7.07. The Labute approximate surface area is 147 Å². The van der Waals surface area contributed by atoms with Crippen molar-refractivity contribution in [2.24, 2.45) is 0 Å². The summed E-state index contributed by atoms with van der Waals surface area (Å²) < 4.78 is 5.83. The second-order valence-corrected chi connectivity index (χ2v) is 7.07. The largest absolute Gasteiger partial charge is 0.487 e. The summed E-state index contributed by atoms with van der Waals surface area (Å²) in [5.41, 5.74) is 2.18. The lowest BCUT2D eigenvalue weighted by Gasteiger charge is -2.31. The highest BCUT2D eigenvalue weighted by Crippen LogP contribution is 2.34. The molecule has 1 aliphatic heterocycles. The molecule has 0 radical (unpaired) electrons. The van der Waals surface area contributed by atoms with E-state index in [2.05, 4.69) is 5.32 Å². The molecule has 1 N–H and O–H groups in total. The smallest absolute Gasteiger partial charge is 0.255 e. The Bertz CT molecular complexity index is 823. The lowest BCUT2D eigenvalue weighted by atomic mass is 9.93. The number of ketones is 1. The van der Waals surface area contributed by atoms with Gasteiger partial charge >= 0.3 is 0 Å². The summed E-state index contributed by atoms with van der Waals surface area (Å²) in [7, 11) is 3.89. The summed E-state index contributed by atoms with van der Waals surface area (Å²) in [6.45, 7) is 3.78. The Kier molecular flexibility index (Phi) is 4.25. The monoisotopic (exact) mass is 338 g/mol. The van der Waals surface area contributed by atoms with Crippen LogP contribution in [0.3, 0.4) is 0 Å². The summed E-state index contributed by atoms with van der Waals surface area (Å²) in [4.78, 5) is 26.7. The van der Waals surface area contributed by atoms with Gasteiger partial charge in [-0.15, -0.1) is 0 Å². The third-order valence-electron chi connectivity index (χ3n) is 4.16. The van der Waals surface area contributed by atoms with Crippen molar-refractivity contribution in [1.82, 2.24) is 0 Å². The summed E-state index contributed by atoms with van der Waals surface area (Å²) in [5.74, 6) is 0.377. The maximum absolute atomic E-state index is 12.4. The number of ether oxygens (including phenoxy) is 1. The number of carbonyl (C=O) groups excluding carboxylic acids is 2. The van der Waals surface area contributed by atoms with Crippen LogP contribution in [-0.2, 0) is 0 Å². The van der Waals surface area contributed by atoms with Crippen molar-refractivity contribution in [2.45, 2.75) is 25.9 Å². The van der Waals surface area contributed by atoms with E-state index in [0.29, 0.717) is 29.0 Å². The molecular formula is C20H22N2O3. The van der Waals surface area contributed by atoms with E-state index in [-0.39, 0.29) is 11.7 Å². The van der Waals surface area contributed by atoms with E-state index in [1.807, 2.05) is 45.0 Å². The molecule has 0 bridgehead atoms. The van der Waals surface area contributed by atoms with Crippen LogP contribution in [0.5, 0.6) is 5.75 Å². The first kappa shape index (κ1) is 17.0. The van der Waals surface area contributed by atoms with E-state index in [1.165, 1.54) is 0 Å². The molecule has 1 aliphatic rings. The molecule has 0 fully saturated rings. The minimum atomic E-state index is -0.497. The van der Waals surface area contributed by atoms with Gasteiger partial charge in [-0.3, -0.25) is 9.59 Å². The Morgan fingerprint density at radius 2 is 1.80 bits per heavy atom. The standard InChI is InChI=1S/C20H22N2O3/c1-20(2)12-17(23)16-11-14(7-10-18(16)25-20)21-19(24)13-5-8-15(9-6-13)22(3)4/h5-11H,12H2,1-4H3,(H,21,24). The van der Waals surface area contributed by atoms with Crippen molar-refractivity contribution in [3.05, 3.63) is 53.6 Å². The molecule has 3 rings (SSSR count). The zero-order valence-corrected chi connectivity index (χ0v) is 14.9. The molecule has 0 aromatic heterocycles. The zero-order valence-electron chi connectivity index (χ0n) is 14.9. The summed E-state index contributed by atoms with van der Waals surface area (Å²) in [6, 6.07) is 12.5. The van der Waals surface area contributed by atoms with Crippen molar-refractivity contribution < 1.29 is 14.3 Å². The van der Waals surface area contributed by atoms with E-state index >= 15 is 0 Å². The van der Waals surface area contributed by atoms with Gasteiger partial charge in [0.25, 0.3) is 5.91 Å². The number of benzene rings is 2. The van der Waals surface area contributed by atoms with Crippen LogP contribution in [0.4, 0.5) is 11.4 Å². The van der Waals surface area contributed by atoms with Gasteiger partial charge in [0.15, 0.2) is 5.78 Å². The van der Waals surface area contributed by atoms with Gasteiger partial charge in [0.1, 0.15) is 11.4 Å². The molecule has 25 heavy (non-hydrogen) atoms. The van der Waals surface area contributed by atoms with Crippen LogP contribution >= 0.6 is 0 Å². The zero-order chi connectivity index (χ0) is 18.2. The van der Waals surface area contributed by atoms with Crippen molar-refractivity contribution in [2.75, 3.05) is 24.3 Å². The van der Waals surface area contributed by atoms with E-state index < -0.39 is 5.60 Å². The molecule has 0 unspecified atom stereocenters. The average molecular weight is 338 g/mol. The maximum atomic E-state index is 12.4. The molecule has 2 aromatic rings. The molecular weight excluding hydrogens is 316 g/mol. The minimum Gasteiger partial charge on any atom is -0.487 e. The molecule has 5 nitrogen and oxygen atoms in total. The van der Waals surface area contributed by atoms with Crippen LogP contribution in [0.2, 0.25) is 0 Å². The van der Waals surface area contributed by atoms with Gasteiger partial charge in [0.2, 0.25) is 0 Å². The van der Waals surface area contributed by atoms with Gasteiger partial charge in [0, 0.05) is 31.0 Å². The van der Waals surface area contributed by atoms with Crippen molar-refractivity contribution in [1.29, 1.82) is 0 Å². The number of hydrogen-bond donors (Lipinski definition) is 1.